The van der Waals surface area contributed by atoms with E-state index in [1.165, 1.54) is 0 Å². The average molecular weight is 329 g/mol. The first kappa shape index (κ1) is 16.5. The molecule has 1 amide bonds. The molecular formula is C15H21ClN2O2S. The quantitative estimate of drug-likeness (QED) is 0.619. The molecule has 1 heterocycles. The molecule has 0 aromatic heterocycles. The lowest BCUT2D eigenvalue weighted by atomic mass is 10.2. The smallest absolute Gasteiger partial charge is 0.224 e. The maximum atomic E-state index is 11.9. The molecule has 0 bridgehead atoms. The number of carbonyl (C=O) groups excluding carboxylic acids is 1. The lowest BCUT2D eigenvalue weighted by Gasteiger charge is -2.13. The number of halogens is 1. The van der Waals surface area contributed by atoms with Crippen molar-refractivity contribution in [1.29, 1.82) is 0 Å². The average Bonchev–Trinajstić information content (AvgIpc) is 2.84. The Morgan fingerprint density at radius 2 is 2.38 bits per heavy atom. The normalized spacial score (nSPS) is 21.4. The molecule has 1 aliphatic heterocycles. The van der Waals surface area contributed by atoms with Crippen LogP contribution in [0.15, 0.2) is 18.2 Å². The Labute approximate surface area is 134 Å². The number of thioether (sulfide) groups is 1. The Kier molecular flexibility index (Phi) is 6.21. The Morgan fingerprint density at radius 1 is 1.57 bits per heavy atom. The highest BCUT2D eigenvalue weighted by Crippen LogP contribution is 2.27. The van der Waals surface area contributed by atoms with Gasteiger partial charge in [-0.2, -0.15) is 11.8 Å². The monoisotopic (exact) mass is 328 g/mol. The first-order valence-corrected chi connectivity index (χ1v) is 8.57. The van der Waals surface area contributed by atoms with Gasteiger partial charge in [-0.25, -0.2) is 0 Å². The minimum Gasteiger partial charge on any atom is -0.399 e. The van der Waals surface area contributed by atoms with E-state index in [1.807, 2.05) is 11.8 Å². The third-order valence-electron chi connectivity index (χ3n) is 3.45. The second-order valence-electron chi connectivity index (χ2n) is 5.16. The second kappa shape index (κ2) is 7.92. The van der Waals surface area contributed by atoms with Crippen LogP contribution in [0, 0.1) is 0 Å². The molecule has 0 radical (unpaired) electrons. The van der Waals surface area contributed by atoms with Crippen molar-refractivity contribution in [3.05, 3.63) is 23.2 Å². The van der Waals surface area contributed by atoms with Gasteiger partial charge in [-0.3, -0.25) is 4.79 Å². The summed E-state index contributed by atoms with van der Waals surface area (Å²) in [4.78, 5) is 11.9. The van der Waals surface area contributed by atoms with Crippen molar-refractivity contribution in [2.45, 2.75) is 37.5 Å². The van der Waals surface area contributed by atoms with Gasteiger partial charge in [-0.05, 0) is 43.7 Å². The van der Waals surface area contributed by atoms with Crippen molar-refractivity contribution in [1.82, 2.24) is 0 Å². The number of ether oxygens (including phenoxy) is 1. The van der Waals surface area contributed by atoms with E-state index in [4.69, 9.17) is 22.1 Å². The summed E-state index contributed by atoms with van der Waals surface area (Å²) in [5.41, 5.74) is 6.82. The molecule has 1 aliphatic rings. The van der Waals surface area contributed by atoms with Crippen molar-refractivity contribution in [3.63, 3.8) is 0 Å². The zero-order chi connectivity index (χ0) is 15.2. The van der Waals surface area contributed by atoms with E-state index >= 15 is 0 Å². The van der Waals surface area contributed by atoms with E-state index in [9.17, 15) is 4.79 Å². The number of rotatable bonds is 6. The van der Waals surface area contributed by atoms with Crippen LogP contribution in [0.4, 0.5) is 11.4 Å². The van der Waals surface area contributed by atoms with Gasteiger partial charge in [0.25, 0.3) is 0 Å². The molecule has 1 aromatic rings. The van der Waals surface area contributed by atoms with Gasteiger partial charge in [0.1, 0.15) is 0 Å². The lowest BCUT2D eigenvalue weighted by Crippen LogP contribution is -2.15. The van der Waals surface area contributed by atoms with Crippen LogP contribution in [-0.2, 0) is 9.53 Å². The van der Waals surface area contributed by atoms with Crippen molar-refractivity contribution in [3.8, 4) is 0 Å². The van der Waals surface area contributed by atoms with Crippen molar-refractivity contribution in [2.24, 2.45) is 0 Å². The van der Waals surface area contributed by atoms with Crippen LogP contribution < -0.4 is 11.1 Å². The van der Waals surface area contributed by atoms with Gasteiger partial charge in [0, 0.05) is 24.0 Å². The molecule has 2 rings (SSSR count). The summed E-state index contributed by atoms with van der Waals surface area (Å²) in [5.74, 6) is 0.958. The van der Waals surface area contributed by atoms with Gasteiger partial charge < -0.3 is 15.8 Å². The molecule has 1 aromatic carbocycles. The molecule has 1 fully saturated rings. The summed E-state index contributed by atoms with van der Waals surface area (Å²) in [5, 5.41) is 3.85. The van der Waals surface area contributed by atoms with Gasteiger partial charge in [0.05, 0.1) is 16.8 Å². The van der Waals surface area contributed by atoms with Gasteiger partial charge >= 0.3 is 0 Å². The van der Waals surface area contributed by atoms with Crippen LogP contribution in [0.1, 0.15) is 26.2 Å². The summed E-state index contributed by atoms with van der Waals surface area (Å²) in [6.07, 6.45) is 2.79. The number of benzene rings is 1. The lowest BCUT2D eigenvalue weighted by molar-refractivity contribution is -0.116. The number of anilines is 2. The van der Waals surface area contributed by atoms with Crippen LogP contribution in [0.2, 0.25) is 5.02 Å². The second-order valence-corrected chi connectivity index (χ2v) is 6.92. The summed E-state index contributed by atoms with van der Waals surface area (Å²) >= 11 is 7.92. The minimum absolute atomic E-state index is 0.0157. The molecule has 0 saturated carbocycles. The zero-order valence-corrected chi connectivity index (χ0v) is 13.7. The highest BCUT2D eigenvalue weighted by molar-refractivity contribution is 7.99. The number of nitrogens with one attached hydrogen (secondary N) is 1. The van der Waals surface area contributed by atoms with E-state index in [0.29, 0.717) is 34.2 Å². The molecule has 116 valence electrons. The van der Waals surface area contributed by atoms with Crippen LogP contribution >= 0.6 is 23.4 Å². The van der Waals surface area contributed by atoms with Gasteiger partial charge in [-0.15, -0.1) is 0 Å². The predicted molar refractivity (Wildman–Crippen MR) is 90.0 cm³/mol. The Bertz CT molecular complexity index is 499. The number of hydrogen-bond donors (Lipinski definition) is 2. The number of amides is 1. The highest BCUT2D eigenvalue weighted by atomic mass is 35.5. The molecule has 21 heavy (non-hydrogen) atoms. The molecule has 2 unspecified atom stereocenters. The van der Waals surface area contributed by atoms with E-state index < -0.39 is 0 Å². The first-order valence-electron chi connectivity index (χ1n) is 7.14. The highest BCUT2D eigenvalue weighted by Gasteiger charge is 2.24. The standard InChI is InChI=1S/C15H21ClN2O2S/c1-10-14(6-7-20-10)21-8-2-3-15(19)18-13-5-4-11(17)9-12(13)16/h4-5,9-10,14H,2-3,6-8,17H2,1H3,(H,18,19). The van der Waals surface area contributed by atoms with Gasteiger partial charge in [-0.1, -0.05) is 11.6 Å². The van der Waals surface area contributed by atoms with Crippen LogP contribution in [-0.4, -0.2) is 29.6 Å². The number of nitrogen functional groups attached to an aromatic ring is 1. The Balaban J connectivity index is 1.67. The largest absolute Gasteiger partial charge is 0.399 e. The number of hydrogen-bond acceptors (Lipinski definition) is 4. The van der Waals surface area contributed by atoms with Crippen molar-refractivity contribution in [2.75, 3.05) is 23.4 Å². The molecule has 4 nitrogen and oxygen atoms in total. The minimum atomic E-state index is -0.0157. The van der Waals surface area contributed by atoms with E-state index in [-0.39, 0.29) is 5.91 Å². The fourth-order valence-electron chi connectivity index (χ4n) is 2.24. The van der Waals surface area contributed by atoms with E-state index in [1.54, 1.807) is 18.2 Å². The summed E-state index contributed by atoms with van der Waals surface area (Å²) in [7, 11) is 0. The number of nitrogens with two attached hydrogens (primary N) is 1. The third kappa shape index (κ3) is 5.09. The molecule has 2 atom stereocenters. The Morgan fingerprint density at radius 3 is 3.05 bits per heavy atom. The van der Waals surface area contributed by atoms with Crippen LogP contribution in [0.5, 0.6) is 0 Å². The topological polar surface area (TPSA) is 64.3 Å². The van der Waals surface area contributed by atoms with E-state index in [2.05, 4.69) is 12.2 Å². The molecule has 0 spiro atoms. The Hall–Kier alpha value is -0.910. The fraction of sp³-hybridized carbons (Fsp3) is 0.533. The summed E-state index contributed by atoms with van der Waals surface area (Å²) < 4.78 is 5.52. The maximum Gasteiger partial charge on any atom is 0.224 e. The number of carbonyl (C=O) groups is 1. The third-order valence-corrected chi connectivity index (χ3v) is 5.34. The van der Waals surface area contributed by atoms with Crippen LogP contribution in [0.3, 0.4) is 0 Å². The van der Waals surface area contributed by atoms with Crippen molar-refractivity contribution >= 4 is 40.6 Å². The molecule has 0 aliphatic carbocycles. The summed E-state index contributed by atoms with van der Waals surface area (Å²) in [6, 6.07) is 5.08. The fourth-order valence-corrected chi connectivity index (χ4v) is 3.71. The van der Waals surface area contributed by atoms with Gasteiger partial charge in [0.2, 0.25) is 5.91 Å². The summed E-state index contributed by atoms with van der Waals surface area (Å²) in [6.45, 7) is 2.97. The molecule has 3 N–H and O–H groups in total. The molecule has 1 saturated heterocycles. The van der Waals surface area contributed by atoms with E-state index in [0.717, 1.165) is 25.2 Å². The maximum absolute atomic E-state index is 11.9. The van der Waals surface area contributed by atoms with Gasteiger partial charge in [0.15, 0.2) is 0 Å². The molecule has 6 heteroatoms. The zero-order valence-electron chi connectivity index (χ0n) is 12.1. The first-order chi connectivity index (χ1) is 10.1. The predicted octanol–water partition coefficient (Wildman–Crippen LogP) is 3.55. The molecular weight excluding hydrogens is 308 g/mol. The SMILES string of the molecule is CC1OCCC1SCCCC(=O)Nc1ccc(N)cc1Cl. The van der Waals surface area contributed by atoms with Crippen LogP contribution in [0.25, 0.3) is 0 Å². The van der Waals surface area contributed by atoms with Crippen molar-refractivity contribution < 1.29 is 9.53 Å².